The molecule has 0 aliphatic heterocycles. The molecule has 0 radical (unpaired) electrons. The van der Waals surface area contributed by atoms with Crippen molar-refractivity contribution in [2.45, 2.75) is 46.1 Å². The lowest BCUT2D eigenvalue weighted by atomic mass is 9.81. The van der Waals surface area contributed by atoms with E-state index in [1.807, 2.05) is 12.3 Å². The minimum Gasteiger partial charge on any atom is -0.264 e. The first-order chi connectivity index (χ1) is 12.9. The highest BCUT2D eigenvalue weighted by Gasteiger charge is 2.27. The summed E-state index contributed by atoms with van der Waals surface area (Å²) in [5, 5.41) is 9.26. The Hall–Kier alpha value is -2.32. The highest BCUT2D eigenvalue weighted by atomic mass is 35.5. The van der Waals surface area contributed by atoms with Crippen molar-refractivity contribution in [3.63, 3.8) is 0 Å². The van der Waals surface area contributed by atoms with Gasteiger partial charge in [-0.1, -0.05) is 68.8 Å². The first kappa shape index (κ1) is 18.1. The average molecular weight is 377 g/mol. The van der Waals surface area contributed by atoms with Crippen molar-refractivity contribution < 1.29 is 0 Å². The van der Waals surface area contributed by atoms with Gasteiger partial charge in [-0.15, -0.1) is 0 Å². The summed E-state index contributed by atoms with van der Waals surface area (Å²) in [5.41, 5.74) is 4.95. The van der Waals surface area contributed by atoms with Gasteiger partial charge >= 0.3 is 0 Å². The van der Waals surface area contributed by atoms with Gasteiger partial charge in [0.15, 0.2) is 0 Å². The molecule has 3 heteroatoms. The van der Waals surface area contributed by atoms with Crippen molar-refractivity contribution in [2.24, 2.45) is 0 Å². The van der Waals surface area contributed by atoms with Gasteiger partial charge in [-0.25, -0.2) is 0 Å². The molecule has 0 aliphatic carbocycles. The Labute approximate surface area is 165 Å². The molecule has 3 aromatic carbocycles. The average Bonchev–Trinajstić information content (AvgIpc) is 3.03. The molecule has 0 bridgehead atoms. The van der Waals surface area contributed by atoms with Gasteiger partial charge in [0.1, 0.15) is 0 Å². The molecule has 27 heavy (non-hydrogen) atoms. The standard InChI is InChI=1S/C24H25ClN2/c1-5-18-16(2)10-13-22-20(18)14-26-27(22)15-24(3,4)23-19-9-7-6-8-17(19)11-12-21(23)25/h6-14H,5,15H2,1-4H3. The summed E-state index contributed by atoms with van der Waals surface area (Å²) in [6.07, 6.45) is 3.04. The molecule has 1 aromatic heterocycles. The molecule has 138 valence electrons. The predicted molar refractivity (Wildman–Crippen MR) is 116 cm³/mol. The van der Waals surface area contributed by atoms with E-state index < -0.39 is 0 Å². The van der Waals surface area contributed by atoms with Crippen LogP contribution in [0.1, 0.15) is 37.5 Å². The zero-order valence-electron chi connectivity index (χ0n) is 16.4. The zero-order chi connectivity index (χ0) is 19.2. The number of benzene rings is 3. The summed E-state index contributed by atoms with van der Waals surface area (Å²) < 4.78 is 2.13. The Morgan fingerprint density at radius 2 is 1.78 bits per heavy atom. The van der Waals surface area contributed by atoms with Gasteiger partial charge < -0.3 is 0 Å². The van der Waals surface area contributed by atoms with E-state index >= 15 is 0 Å². The van der Waals surface area contributed by atoms with Crippen LogP contribution in [-0.2, 0) is 18.4 Å². The molecule has 0 unspecified atom stereocenters. The Balaban J connectivity index is 1.84. The fraction of sp³-hybridized carbons (Fsp3) is 0.292. The quantitative estimate of drug-likeness (QED) is 0.388. The molecule has 0 atom stereocenters. The zero-order valence-corrected chi connectivity index (χ0v) is 17.1. The lowest BCUT2D eigenvalue weighted by molar-refractivity contribution is 0.419. The number of rotatable bonds is 4. The second-order valence-electron chi connectivity index (χ2n) is 7.98. The number of hydrogen-bond donors (Lipinski definition) is 0. The number of hydrogen-bond acceptors (Lipinski definition) is 1. The lowest BCUT2D eigenvalue weighted by Gasteiger charge is -2.28. The third kappa shape index (κ3) is 3.02. The molecule has 0 amide bonds. The molecule has 1 heterocycles. The predicted octanol–water partition coefficient (Wildman–Crippen LogP) is 6.69. The summed E-state index contributed by atoms with van der Waals surface area (Å²) in [7, 11) is 0. The summed E-state index contributed by atoms with van der Waals surface area (Å²) >= 11 is 6.68. The minimum atomic E-state index is -0.159. The molecule has 0 fully saturated rings. The number of halogens is 1. The van der Waals surface area contributed by atoms with Crippen LogP contribution in [0.15, 0.2) is 54.7 Å². The van der Waals surface area contributed by atoms with Crippen molar-refractivity contribution in [3.8, 4) is 0 Å². The van der Waals surface area contributed by atoms with Crippen LogP contribution >= 0.6 is 11.6 Å². The molecular formula is C24H25ClN2. The van der Waals surface area contributed by atoms with Gasteiger partial charge in [0.25, 0.3) is 0 Å². The van der Waals surface area contributed by atoms with Gasteiger partial charge in [0.2, 0.25) is 0 Å². The molecule has 4 aromatic rings. The number of aryl methyl sites for hydroxylation is 2. The molecule has 0 saturated carbocycles. The third-order valence-electron chi connectivity index (χ3n) is 5.63. The summed E-state index contributed by atoms with van der Waals surface area (Å²) in [4.78, 5) is 0. The third-order valence-corrected chi connectivity index (χ3v) is 5.94. The van der Waals surface area contributed by atoms with E-state index in [-0.39, 0.29) is 5.41 Å². The van der Waals surface area contributed by atoms with Crippen LogP contribution in [0.2, 0.25) is 5.02 Å². The smallest absolute Gasteiger partial charge is 0.0685 e. The van der Waals surface area contributed by atoms with Crippen molar-refractivity contribution in [1.29, 1.82) is 0 Å². The van der Waals surface area contributed by atoms with Crippen molar-refractivity contribution in [2.75, 3.05) is 0 Å². The van der Waals surface area contributed by atoms with Crippen molar-refractivity contribution in [3.05, 3.63) is 76.4 Å². The molecule has 0 aliphatic rings. The van der Waals surface area contributed by atoms with Crippen LogP contribution in [0.25, 0.3) is 21.7 Å². The van der Waals surface area contributed by atoms with E-state index in [4.69, 9.17) is 16.7 Å². The van der Waals surface area contributed by atoms with Gasteiger partial charge in [0.05, 0.1) is 18.3 Å². The first-order valence-corrected chi connectivity index (χ1v) is 9.92. The topological polar surface area (TPSA) is 17.8 Å². The maximum absolute atomic E-state index is 6.68. The molecule has 4 rings (SSSR count). The molecule has 0 spiro atoms. The van der Waals surface area contributed by atoms with E-state index in [2.05, 4.69) is 74.8 Å². The Bertz CT molecular complexity index is 1140. The van der Waals surface area contributed by atoms with Crippen molar-refractivity contribution >= 4 is 33.3 Å². The van der Waals surface area contributed by atoms with Gasteiger partial charge in [-0.2, -0.15) is 5.10 Å². The van der Waals surface area contributed by atoms with Crippen LogP contribution in [0.4, 0.5) is 0 Å². The van der Waals surface area contributed by atoms with E-state index in [0.717, 1.165) is 18.0 Å². The van der Waals surface area contributed by atoms with Crippen LogP contribution in [-0.4, -0.2) is 9.78 Å². The largest absolute Gasteiger partial charge is 0.264 e. The van der Waals surface area contributed by atoms with Gasteiger partial charge in [0, 0.05) is 15.8 Å². The summed E-state index contributed by atoms with van der Waals surface area (Å²) in [6.45, 7) is 9.66. The maximum atomic E-state index is 6.68. The van der Waals surface area contributed by atoms with E-state index in [9.17, 15) is 0 Å². The van der Waals surface area contributed by atoms with Crippen LogP contribution in [0.5, 0.6) is 0 Å². The lowest BCUT2D eigenvalue weighted by Crippen LogP contribution is -2.26. The second kappa shape index (κ2) is 6.69. The van der Waals surface area contributed by atoms with Gasteiger partial charge in [-0.3, -0.25) is 4.68 Å². The molecule has 2 nitrogen and oxygen atoms in total. The highest BCUT2D eigenvalue weighted by molar-refractivity contribution is 6.32. The summed E-state index contributed by atoms with van der Waals surface area (Å²) in [6, 6.07) is 17.0. The Morgan fingerprint density at radius 1 is 1.00 bits per heavy atom. The number of aromatic nitrogens is 2. The Morgan fingerprint density at radius 3 is 2.56 bits per heavy atom. The maximum Gasteiger partial charge on any atom is 0.0685 e. The second-order valence-corrected chi connectivity index (χ2v) is 8.38. The highest BCUT2D eigenvalue weighted by Crippen LogP contribution is 2.38. The van der Waals surface area contributed by atoms with Gasteiger partial charge in [-0.05, 0) is 52.9 Å². The number of fused-ring (bicyclic) bond motifs is 2. The fourth-order valence-corrected chi connectivity index (χ4v) is 4.72. The molecule has 0 saturated heterocycles. The van der Waals surface area contributed by atoms with Crippen LogP contribution in [0.3, 0.4) is 0 Å². The van der Waals surface area contributed by atoms with E-state index in [1.54, 1.807) is 0 Å². The first-order valence-electron chi connectivity index (χ1n) is 9.54. The fourth-order valence-electron chi connectivity index (χ4n) is 4.30. The number of nitrogens with zero attached hydrogens (tertiary/aromatic N) is 2. The molecular weight excluding hydrogens is 352 g/mol. The van der Waals surface area contributed by atoms with E-state index in [1.165, 1.54) is 38.4 Å². The minimum absolute atomic E-state index is 0.159. The van der Waals surface area contributed by atoms with E-state index in [0.29, 0.717) is 0 Å². The van der Waals surface area contributed by atoms with Crippen LogP contribution in [0, 0.1) is 6.92 Å². The summed E-state index contributed by atoms with van der Waals surface area (Å²) in [5.74, 6) is 0. The normalized spacial score (nSPS) is 12.2. The monoisotopic (exact) mass is 376 g/mol. The SMILES string of the molecule is CCc1c(C)ccc2c1cnn2CC(C)(C)c1c(Cl)ccc2ccccc12. The van der Waals surface area contributed by atoms with Crippen LogP contribution < -0.4 is 0 Å². The Kier molecular flexibility index (Phi) is 4.47. The molecule has 0 N–H and O–H groups in total. The van der Waals surface area contributed by atoms with Crippen molar-refractivity contribution in [1.82, 2.24) is 9.78 Å².